The van der Waals surface area contributed by atoms with Gasteiger partial charge in [-0.05, 0) is 39.7 Å². The highest BCUT2D eigenvalue weighted by molar-refractivity contribution is 5.79. The van der Waals surface area contributed by atoms with E-state index in [1.54, 1.807) is 0 Å². The maximum Gasteiger partial charge on any atom is 0.191 e. The van der Waals surface area contributed by atoms with Crippen LogP contribution >= 0.6 is 0 Å². The van der Waals surface area contributed by atoms with Crippen molar-refractivity contribution in [3.8, 4) is 0 Å². The van der Waals surface area contributed by atoms with E-state index in [1.165, 1.54) is 0 Å². The molecule has 0 radical (unpaired) electrons. The molecule has 6 nitrogen and oxygen atoms in total. The molecule has 2 heterocycles. The SMILES string of the molecule is CCNC(=NCc1cc(C)oc1C)NCCCOC1CCOC1. The topological polar surface area (TPSA) is 68.0 Å². The fourth-order valence-corrected chi connectivity index (χ4v) is 2.52. The van der Waals surface area contributed by atoms with E-state index >= 15 is 0 Å². The zero-order valence-electron chi connectivity index (χ0n) is 14.5. The molecule has 0 aliphatic carbocycles. The quantitative estimate of drug-likeness (QED) is 0.436. The van der Waals surface area contributed by atoms with E-state index in [0.29, 0.717) is 6.54 Å². The average molecular weight is 323 g/mol. The Balaban J connectivity index is 1.69. The maximum absolute atomic E-state index is 5.75. The zero-order valence-corrected chi connectivity index (χ0v) is 14.5. The molecule has 1 aliphatic rings. The Kier molecular flexibility index (Phi) is 7.42. The van der Waals surface area contributed by atoms with Crippen molar-refractivity contribution in [1.29, 1.82) is 0 Å². The molecule has 6 heteroatoms. The number of furan rings is 1. The molecular weight excluding hydrogens is 294 g/mol. The normalized spacial score (nSPS) is 18.4. The molecule has 1 saturated heterocycles. The first kappa shape index (κ1) is 17.8. The summed E-state index contributed by atoms with van der Waals surface area (Å²) in [6.07, 6.45) is 2.25. The first-order chi connectivity index (χ1) is 11.2. The fourth-order valence-electron chi connectivity index (χ4n) is 2.52. The summed E-state index contributed by atoms with van der Waals surface area (Å²) in [6, 6.07) is 2.04. The Labute approximate surface area is 138 Å². The van der Waals surface area contributed by atoms with Crippen LogP contribution in [0.4, 0.5) is 0 Å². The Morgan fingerprint density at radius 2 is 2.26 bits per heavy atom. The number of ether oxygens (including phenoxy) is 2. The molecule has 1 aliphatic heterocycles. The molecule has 23 heavy (non-hydrogen) atoms. The van der Waals surface area contributed by atoms with Crippen LogP contribution in [0.25, 0.3) is 0 Å². The smallest absolute Gasteiger partial charge is 0.191 e. The van der Waals surface area contributed by atoms with Crippen molar-refractivity contribution < 1.29 is 13.9 Å². The van der Waals surface area contributed by atoms with E-state index in [1.807, 2.05) is 19.9 Å². The lowest BCUT2D eigenvalue weighted by atomic mass is 10.2. The van der Waals surface area contributed by atoms with E-state index in [2.05, 4.69) is 22.5 Å². The Morgan fingerprint density at radius 3 is 2.91 bits per heavy atom. The molecule has 0 amide bonds. The summed E-state index contributed by atoms with van der Waals surface area (Å²) in [5, 5.41) is 6.60. The van der Waals surface area contributed by atoms with Crippen LogP contribution in [0.5, 0.6) is 0 Å². The highest BCUT2D eigenvalue weighted by atomic mass is 16.5. The minimum absolute atomic E-state index is 0.282. The van der Waals surface area contributed by atoms with Gasteiger partial charge in [0.2, 0.25) is 0 Å². The van der Waals surface area contributed by atoms with Crippen molar-refractivity contribution in [2.24, 2.45) is 4.99 Å². The van der Waals surface area contributed by atoms with E-state index in [-0.39, 0.29) is 6.10 Å². The van der Waals surface area contributed by atoms with Gasteiger partial charge in [-0.15, -0.1) is 0 Å². The lowest BCUT2D eigenvalue weighted by molar-refractivity contribution is 0.0420. The molecule has 0 spiro atoms. The summed E-state index contributed by atoms with van der Waals surface area (Å²) in [5.74, 6) is 2.70. The molecule has 1 atom stereocenters. The number of nitrogens with zero attached hydrogens (tertiary/aromatic N) is 1. The molecule has 1 aromatic heterocycles. The summed E-state index contributed by atoms with van der Waals surface area (Å²) < 4.78 is 16.6. The monoisotopic (exact) mass is 323 g/mol. The first-order valence-electron chi connectivity index (χ1n) is 8.46. The molecule has 1 unspecified atom stereocenters. The largest absolute Gasteiger partial charge is 0.466 e. The molecule has 0 saturated carbocycles. The third kappa shape index (κ3) is 6.23. The molecular formula is C17H29N3O3. The third-order valence-corrected chi connectivity index (χ3v) is 3.75. The second kappa shape index (κ2) is 9.57. The number of nitrogens with one attached hydrogen (secondary N) is 2. The lowest BCUT2D eigenvalue weighted by Gasteiger charge is -2.12. The standard InChI is InChI=1S/C17H29N3O3/c1-4-18-17(20-11-15-10-13(2)23-14(15)3)19-7-5-8-22-16-6-9-21-12-16/h10,16H,4-9,11-12H2,1-3H3,(H2,18,19,20). The minimum atomic E-state index is 0.282. The number of hydrogen-bond donors (Lipinski definition) is 2. The van der Waals surface area contributed by atoms with Crippen molar-refractivity contribution in [2.45, 2.75) is 46.3 Å². The van der Waals surface area contributed by atoms with Crippen LogP contribution in [-0.4, -0.2) is 45.0 Å². The Morgan fingerprint density at radius 1 is 1.39 bits per heavy atom. The summed E-state index contributed by atoms with van der Waals surface area (Å²) in [4.78, 5) is 4.61. The lowest BCUT2D eigenvalue weighted by Crippen LogP contribution is -2.38. The second-order valence-electron chi connectivity index (χ2n) is 5.77. The molecule has 1 aromatic rings. The minimum Gasteiger partial charge on any atom is -0.466 e. The van der Waals surface area contributed by atoms with Crippen molar-refractivity contribution in [3.05, 3.63) is 23.2 Å². The van der Waals surface area contributed by atoms with Crippen molar-refractivity contribution in [2.75, 3.05) is 32.9 Å². The van der Waals surface area contributed by atoms with Crippen LogP contribution in [0.2, 0.25) is 0 Å². The van der Waals surface area contributed by atoms with E-state index in [9.17, 15) is 0 Å². The van der Waals surface area contributed by atoms with Gasteiger partial charge in [0.15, 0.2) is 5.96 Å². The van der Waals surface area contributed by atoms with Gasteiger partial charge in [0.05, 0.1) is 19.3 Å². The van der Waals surface area contributed by atoms with Gasteiger partial charge < -0.3 is 24.5 Å². The van der Waals surface area contributed by atoms with Crippen LogP contribution in [0, 0.1) is 13.8 Å². The van der Waals surface area contributed by atoms with Gasteiger partial charge in [-0.2, -0.15) is 0 Å². The van der Waals surface area contributed by atoms with Crippen LogP contribution in [-0.2, 0) is 16.0 Å². The predicted molar refractivity (Wildman–Crippen MR) is 90.8 cm³/mol. The van der Waals surface area contributed by atoms with Gasteiger partial charge in [0.1, 0.15) is 11.5 Å². The van der Waals surface area contributed by atoms with Crippen molar-refractivity contribution in [1.82, 2.24) is 10.6 Å². The number of hydrogen-bond acceptors (Lipinski definition) is 4. The number of rotatable bonds is 8. The summed E-state index contributed by atoms with van der Waals surface area (Å²) >= 11 is 0. The van der Waals surface area contributed by atoms with Crippen LogP contribution in [0.15, 0.2) is 15.5 Å². The van der Waals surface area contributed by atoms with Gasteiger partial charge in [0, 0.05) is 31.9 Å². The van der Waals surface area contributed by atoms with E-state index in [0.717, 1.165) is 68.8 Å². The Hall–Kier alpha value is -1.53. The summed E-state index contributed by atoms with van der Waals surface area (Å²) in [5.41, 5.74) is 1.13. The van der Waals surface area contributed by atoms with E-state index in [4.69, 9.17) is 13.9 Å². The second-order valence-corrected chi connectivity index (χ2v) is 5.77. The molecule has 2 rings (SSSR count). The molecule has 130 valence electrons. The van der Waals surface area contributed by atoms with Crippen molar-refractivity contribution >= 4 is 5.96 Å². The van der Waals surface area contributed by atoms with Gasteiger partial charge in [-0.1, -0.05) is 0 Å². The Bertz CT molecular complexity index is 493. The molecule has 0 bridgehead atoms. The van der Waals surface area contributed by atoms with Gasteiger partial charge in [0.25, 0.3) is 0 Å². The van der Waals surface area contributed by atoms with Gasteiger partial charge in [-0.25, -0.2) is 4.99 Å². The number of aryl methyl sites for hydroxylation is 2. The average Bonchev–Trinajstić information content (AvgIpc) is 3.14. The summed E-state index contributed by atoms with van der Waals surface area (Å²) in [7, 11) is 0. The van der Waals surface area contributed by atoms with Crippen molar-refractivity contribution in [3.63, 3.8) is 0 Å². The van der Waals surface area contributed by atoms with Crippen LogP contribution in [0.1, 0.15) is 36.8 Å². The fraction of sp³-hybridized carbons (Fsp3) is 0.706. The highest BCUT2D eigenvalue weighted by Gasteiger charge is 2.15. The van der Waals surface area contributed by atoms with E-state index < -0.39 is 0 Å². The van der Waals surface area contributed by atoms with Gasteiger partial charge in [-0.3, -0.25) is 0 Å². The van der Waals surface area contributed by atoms with Gasteiger partial charge >= 0.3 is 0 Å². The highest BCUT2D eigenvalue weighted by Crippen LogP contribution is 2.14. The molecule has 2 N–H and O–H groups in total. The molecule has 0 aromatic carbocycles. The van der Waals surface area contributed by atoms with Crippen LogP contribution < -0.4 is 10.6 Å². The predicted octanol–water partition coefficient (Wildman–Crippen LogP) is 2.15. The maximum atomic E-state index is 5.75. The third-order valence-electron chi connectivity index (χ3n) is 3.75. The summed E-state index contributed by atoms with van der Waals surface area (Å²) in [6.45, 7) is 10.6. The zero-order chi connectivity index (χ0) is 16.5. The number of aliphatic imine (C=N–C) groups is 1. The molecule has 1 fully saturated rings. The van der Waals surface area contributed by atoms with Crippen LogP contribution in [0.3, 0.4) is 0 Å². The first-order valence-corrected chi connectivity index (χ1v) is 8.46. The number of guanidine groups is 1.